The van der Waals surface area contributed by atoms with Gasteiger partial charge in [-0.2, -0.15) is 5.26 Å². The van der Waals surface area contributed by atoms with E-state index in [2.05, 4.69) is 13.0 Å². The predicted octanol–water partition coefficient (Wildman–Crippen LogP) is 4.35. The van der Waals surface area contributed by atoms with E-state index >= 15 is 0 Å². The zero-order valence-electron chi connectivity index (χ0n) is 9.84. The van der Waals surface area contributed by atoms with E-state index in [-0.39, 0.29) is 10.4 Å². The molecule has 0 N–H and O–H groups in total. The van der Waals surface area contributed by atoms with Crippen LogP contribution in [0.2, 0.25) is 5.02 Å². The van der Waals surface area contributed by atoms with E-state index in [0.29, 0.717) is 12.3 Å². The lowest BCUT2D eigenvalue weighted by molar-refractivity contribution is 0.391. The molecular formula is C14H15ClFN. The van der Waals surface area contributed by atoms with Gasteiger partial charge >= 0.3 is 0 Å². The molecule has 1 aliphatic carbocycles. The van der Waals surface area contributed by atoms with Gasteiger partial charge in [-0.25, -0.2) is 4.39 Å². The minimum atomic E-state index is -0.402. The lowest BCUT2D eigenvalue weighted by Crippen LogP contribution is -2.17. The van der Waals surface area contributed by atoms with Crippen molar-refractivity contribution < 1.29 is 4.39 Å². The van der Waals surface area contributed by atoms with Crippen molar-refractivity contribution in [2.75, 3.05) is 0 Å². The third-order valence-electron chi connectivity index (χ3n) is 3.62. The Morgan fingerprint density at radius 3 is 2.88 bits per heavy atom. The van der Waals surface area contributed by atoms with Gasteiger partial charge in [0.1, 0.15) is 5.82 Å². The van der Waals surface area contributed by atoms with Crippen LogP contribution in [0.1, 0.15) is 31.7 Å². The SMILES string of the molecule is CC1CCC(C#N)(Cc2ccc(F)c(Cl)c2)C1. The Kier molecular flexibility index (Phi) is 3.40. The summed E-state index contributed by atoms with van der Waals surface area (Å²) in [5.41, 5.74) is 0.674. The monoisotopic (exact) mass is 251 g/mol. The summed E-state index contributed by atoms with van der Waals surface area (Å²) in [7, 11) is 0. The zero-order valence-corrected chi connectivity index (χ0v) is 10.6. The minimum Gasteiger partial charge on any atom is -0.205 e. The van der Waals surface area contributed by atoms with E-state index in [9.17, 15) is 9.65 Å². The first kappa shape index (κ1) is 12.4. The Balaban J connectivity index is 2.20. The number of hydrogen-bond acceptors (Lipinski definition) is 1. The van der Waals surface area contributed by atoms with Crippen molar-refractivity contribution in [1.82, 2.24) is 0 Å². The molecule has 1 fully saturated rings. The molecule has 1 aromatic carbocycles. The molecule has 0 spiro atoms. The van der Waals surface area contributed by atoms with Crippen LogP contribution in [-0.4, -0.2) is 0 Å². The van der Waals surface area contributed by atoms with Gasteiger partial charge in [-0.15, -0.1) is 0 Å². The summed E-state index contributed by atoms with van der Waals surface area (Å²) in [6.07, 6.45) is 3.63. The molecule has 1 aliphatic rings. The highest BCUT2D eigenvalue weighted by atomic mass is 35.5. The van der Waals surface area contributed by atoms with Crippen LogP contribution in [-0.2, 0) is 6.42 Å². The molecule has 1 saturated carbocycles. The summed E-state index contributed by atoms with van der Waals surface area (Å²) in [5.74, 6) is 0.201. The topological polar surface area (TPSA) is 23.8 Å². The lowest BCUT2D eigenvalue weighted by atomic mass is 9.81. The van der Waals surface area contributed by atoms with Gasteiger partial charge in [0.2, 0.25) is 0 Å². The van der Waals surface area contributed by atoms with Gasteiger partial charge in [0.05, 0.1) is 16.5 Å². The number of nitriles is 1. The molecule has 90 valence electrons. The molecule has 2 unspecified atom stereocenters. The molecule has 0 heterocycles. The van der Waals surface area contributed by atoms with Crippen molar-refractivity contribution in [1.29, 1.82) is 5.26 Å². The van der Waals surface area contributed by atoms with Gasteiger partial charge in [-0.1, -0.05) is 24.6 Å². The van der Waals surface area contributed by atoms with Crippen LogP contribution >= 0.6 is 11.6 Å². The lowest BCUT2D eigenvalue weighted by Gasteiger charge is -2.20. The number of halogens is 2. The molecule has 1 nitrogen and oxygen atoms in total. The van der Waals surface area contributed by atoms with Gasteiger partial charge in [0, 0.05) is 0 Å². The van der Waals surface area contributed by atoms with Crippen molar-refractivity contribution in [3.8, 4) is 6.07 Å². The maximum atomic E-state index is 13.1. The van der Waals surface area contributed by atoms with Crippen molar-refractivity contribution in [2.45, 2.75) is 32.6 Å². The molecule has 1 aromatic rings. The Morgan fingerprint density at radius 1 is 1.59 bits per heavy atom. The first-order valence-electron chi connectivity index (χ1n) is 5.90. The van der Waals surface area contributed by atoms with Crippen molar-refractivity contribution in [2.24, 2.45) is 11.3 Å². The first-order chi connectivity index (χ1) is 8.04. The molecule has 0 aromatic heterocycles. The molecular weight excluding hydrogens is 237 g/mol. The molecule has 0 saturated heterocycles. The summed E-state index contributed by atoms with van der Waals surface area (Å²) >= 11 is 5.76. The molecule has 0 aliphatic heterocycles. The normalized spacial score (nSPS) is 28.0. The van der Waals surface area contributed by atoms with Crippen LogP contribution < -0.4 is 0 Å². The maximum Gasteiger partial charge on any atom is 0.141 e. The maximum absolute atomic E-state index is 13.1. The van der Waals surface area contributed by atoms with Crippen molar-refractivity contribution in [3.63, 3.8) is 0 Å². The number of hydrogen-bond donors (Lipinski definition) is 0. The second kappa shape index (κ2) is 4.66. The fraction of sp³-hybridized carbons (Fsp3) is 0.500. The van der Waals surface area contributed by atoms with E-state index in [1.807, 2.05) is 0 Å². The van der Waals surface area contributed by atoms with Crippen LogP contribution in [0.25, 0.3) is 0 Å². The van der Waals surface area contributed by atoms with Crippen molar-refractivity contribution >= 4 is 11.6 Å². The Morgan fingerprint density at radius 2 is 2.35 bits per heavy atom. The van der Waals surface area contributed by atoms with Gasteiger partial charge in [0.25, 0.3) is 0 Å². The summed E-state index contributed by atoms with van der Waals surface area (Å²) < 4.78 is 13.1. The zero-order chi connectivity index (χ0) is 12.5. The van der Waals surface area contributed by atoms with Gasteiger partial charge < -0.3 is 0 Å². The summed E-state index contributed by atoms with van der Waals surface area (Å²) in [6, 6.07) is 7.19. The molecule has 2 atom stereocenters. The molecule has 17 heavy (non-hydrogen) atoms. The molecule has 2 rings (SSSR count). The third kappa shape index (κ3) is 2.61. The Labute approximate surface area is 106 Å². The molecule has 0 bridgehead atoms. The van der Waals surface area contributed by atoms with Crippen LogP contribution in [0.15, 0.2) is 18.2 Å². The summed E-state index contributed by atoms with van der Waals surface area (Å²) in [6.45, 7) is 2.18. The largest absolute Gasteiger partial charge is 0.205 e. The van der Waals surface area contributed by atoms with Crippen LogP contribution in [0.3, 0.4) is 0 Å². The molecule has 0 amide bonds. The van der Waals surface area contributed by atoms with Crippen molar-refractivity contribution in [3.05, 3.63) is 34.6 Å². The number of nitrogens with zero attached hydrogens (tertiary/aromatic N) is 1. The quantitative estimate of drug-likeness (QED) is 0.767. The van der Waals surface area contributed by atoms with Crippen LogP contribution in [0, 0.1) is 28.5 Å². The Bertz CT molecular complexity index is 466. The third-order valence-corrected chi connectivity index (χ3v) is 3.91. The second-order valence-electron chi connectivity index (χ2n) is 5.17. The number of rotatable bonds is 2. The van der Waals surface area contributed by atoms with Gasteiger partial charge in [-0.3, -0.25) is 0 Å². The average Bonchev–Trinajstić information content (AvgIpc) is 2.66. The standard InChI is InChI=1S/C14H15ClFN/c1-10-4-5-14(7-10,9-17)8-11-2-3-13(16)12(15)6-11/h2-3,6,10H,4-5,7-8H2,1H3. The Hall–Kier alpha value is -1.07. The van der Waals surface area contributed by atoms with Gasteiger partial charge in [-0.05, 0) is 49.3 Å². The fourth-order valence-electron chi connectivity index (χ4n) is 2.74. The van der Waals surface area contributed by atoms with E-state index in [0.717, 1.165) is 24.8 Å². The highest BCUT2D eigenvalue weighted by Gasteiger charge is 2.37. The van der Waals surface area contributed by atoms with Gasteiger partial charge in [0.15, 0.2) is 0 Å². The van der Waals surface area contributed by atoms with Crippen LogP contribution in [0.4, 0.5) is 4.39 Å². The summed E-state index contributed by atoms with van der Waals surface area (Å²) in [5, 5.41) is 9.50. The van der Waals surface area contributed by atoms with E-state index in [1.165, 1.54) is 6.07 Å². The average molecular weight is 252 g/mol. The van der Waals surface area contributed by atoms with E-state index in [1.54, 1.807) is 12.1 Å². The minimum absolute atomic E-state index is 0.140. The number of benzene rings is 1. The fourth-order valence-corrected chi connectivity index (χ4v) is 2.94. The van der Waals surface area contributed by atoms with E-state index < -0.39 is 5.82 Å². The highest BCUT2D eigenvalue weighted by molar-refractivity contribution is 6.30. The second-order valence-corrected chi connectivity index (χ2v) is 5.57. The summed E-state index contributed by atoms with van der Waals surface area (Å²) in [4.78, 5) is 0. The van der Waals surface area contributed by atoms with Crippen LogP contribution in [0.5, 0.6) is 0 Å². The van der Waals surface area contributed by atoms with E-state index in [4.69, 9.17) is 11.6 Å². The molecule has 3 heteroatoms. The first-order valence-corrected chi connectivity index (χ1v) is 6.28. The highest BCUT2D eigenvalue weighted by Crippen LogP contribution is 2.43. The smallest absolute Gasteiger partial charge is 0.141 e. The predicted molar refractivity (Wildman–Crippen MR) is 66.2 cm³/mol. The molecule has 0 radical (unpaired) electrons.